The number of terminal acetylenes is 1. The van der Waals surface area contributed by atoms with E-state index in [2.05, 4.69) is 48.4 Å². The summed E-state index contributed by atoms with van der Waals surface area (Å²) in [7, 11) is 0. The van der Waals surface area contributed by atoms with E-state index in [9.17, 15) is 0 Å². The lowest BCUT2D eigenvalue weighted by Gasteiger charge is -2.44. The minimum atomic E-state index is -0.132. The van der Waals surface area contributed by atoms with Crippen molar-refractivity contribution in [2.45, 2.75) is 61.2 Å². The summed E-state index contributed by atoms with van der Waals surface area (Å²) in [6.07, 6.45) is 19.3. The minimum absolute atomic E-state index is 0. The van der Waals surface area contributed by atoms with Crippen LogP contribution in [-0.4, -0.2) is 39.5 Å². The predicted molar refractivity (Wildman–Crippen MR) is 117 cm³/mol. The molecular formula is C20H31Cl3IN. The Morgan fingerprint density at radius 3 is 2.20 bits per heavy atom. The zero-order valence-corrected chi connectivity index (χ0v) is 19.8. The van der Waals surface area contributed by atoms with Crippen LogP contribution < -0.4 is 12.4 Å². The fourth-order valence-corrected chi connectivity index (χ4v) is 4.98. The lowest BCUT2D eigenvalue weighted by molar-refractivity contribution is -0.922. The summed E-state index contributed by atoms with van der Waals surface area (Å²) < 4.78 is 0.839. The SMILES string of the molecule is C#CC[N+](CCCCC)(CCCCC)CC1(I)C=CC(Cl)=CC1Cl.[Cl-]. The Balaban J connectivity index is 0.00000576. The van der Waals surface area contributed by atoms with Gasteiger partial charge in [0, 0.05) is 5.03 Å². The molecule has 0 aliphatic heterocycles. The molecule has 0 saturated carbocycles. The summed E-state index contributed by atoms with van der Waals surface area (Å²) >= 11 is 15.3. The van der Waals surface area contributed by atoms with Crippen molar-refractivity contribution in [3.63, 3.8) is 0 Å². The van der Waals surface area contributed by atoms with Gasteiger partial charge in [0.15, 0.2) is 0 Å². The summed E-state index contributed by atoms with van der Waals surface area (Å²) in [6, 6.07) is 0. The molecule has 0 amide bonds. The highest BCUT2D eigenvalue weighted by atomic mass is 127. The molecule has 0 bridgehead atoms. The van der Waals surface area contributed by atoms with Crippen LogP contribution in [0, 0.1) is 12.3 Å². The number of rotatable bonds is 11. The molecule has 0 aromatic heterocycles. The third kappa shape index (κ3) is 8.43. The molecule has 2 atom stereocenters. The van der Waals surface area contributed by atoms with Crippen LogP contribution in [0.25, 0.3) is 0 Å². The average Bonchev–Trinajstić information content (AvgIpc) is 2.53. The first-order valence-corrected chi connectivity index (χ1v) is 11.0. The summed E-state index contributed by atoms with van der Waals surface area (Å²) in [5.74, 6) is 2.95. The van der Waals surface area contributed by atoms with E-state index in [1.807, 2.05) is 12.2 Å². The summed E-state index contributed by atoms with van der Waals surface area (Å²) in [5.41, 5.74) is 0. The molecule has 5 heteroatoms. The molecule has 0 saturated heterocycles. The minimum Gasteiger partial charge on any atom is -1.00 e. The Hall–Kier alpha value is 0.600. The fraction of sp³-hybridized carbons (Fsp3) is 0.700. The van der Waals surface area contributed by atoms with Crippen LogP contribution in [0.2, 0.25) is 0 Å². The van der Waals surface area contributed by atoms with Gasteiger partial charge in [-0.15, -0.1) is 18.0 Å². The van der Waals surface area contributed by atoms with Crippen molar-refractivity contribution < 1.29 is 16.9 Å². The first kappa shape index (κ1) is 25.6. The van der Waals surface area contributed by atoms with E-state index < -0.39 is 0 Å². The summed E-state index contributed by atoms with van der Waals surface area (Å²) in [6.45, 7) is 8.53. The maximum atomic E-state index is 6.67. The molecule has 0 N–H and O–H groups in total. The van der Waals surface area contributed by atoms with Gasteiger partial charge in [0.1, 0.15) is 9.97 Å². The van der Waals surface area contributed by atoms with E-state index in [-0.39, 0.29) is 21.2 Å². The number of allylic oxidation sites excluding steroid dienone is 3. The first-order chi connectivity index (χ1) is 11.4. The largest absolute Gasteiger partial charge is 1.00 e. The molecule has 1 aliphatic rings. The van der Waals surface area contributed by atoms with Crippen LogP contribution in [0.4, 0.5) is 0 Å². The quantitative estimate of drug-likeness (QED) is 0.130. The molecule has 2 unspecified atom stereocenters. The van der Waals surface area contributed by atoms with Crippen molar-refractivity contribution in [3.05, 3.63) is 23.3 Å². The lowest BCUT2D eigenvalue weighted by atomic mass is 9.97. The summed E-state index contributed by atoms with van der Waals surface area (Å²) in [5, 5.41) is 0.637. The van der Waals surface area contributed by atoms with Crippen molar-refractivity contribution in [2.24, 2.45) is 0 Å². The van der Waals surface area contributed by atoms with Crippen LogP contribution in [0.5, 0.6) is 0 Å². The smallest absolute Gasteiger partial charge is 0.140 e. The molecule has 1 aliphatic carbocycles. The molecule has 0 spiro atoms. The lowest BCUT2D eigenvalue weighted by Crippen LogP contribution is -3.00. The monoisotopic (exact) mass is 517 g/mol. The number of hydrogen-bond donors (Lipinski definition) is 0. The van der Waals surface area contributed by atoms with Gasteiger partial charge in [0.25, 0.3) is 0 Å². The van der Waals surface area contributed by atoms with Gasteiger partial charge in [-0.1, -0.05) is 67.0 Å². The molecular weight excluding hydrogens is 487 g/mol. The molecule has 0 aromatic carbocycles. The molecule has 0 radical (unpaired) electrons. The Labute approximate surface area is 184 Å². The number of unbranched alkanes of at least 4 members (excludes halogenated alkanes) is 4. The number of halogens is 4. The Morgan fingerprint density at radius 1 is 1.20 bits per heavy atom. The fourth-order valence-electron chi connectivity index (χ4n) is 3.37. The Kier molecular flexibility index (Phi) is 13.2. The highest BCUT2D eigenvalue weighted by Gasteiger charge is 2.42. The highest BCUT2D eigenvalue weighted by Crippen LogP contribution is 2.38. The van der Waals surface area contributed by atoms with E-state index in [1.54, 1.807) is 0 Å². The first-order valence-electron chi connectivity index (χ1n) is 9.09. The van der Waals surface area contributed by atoms with Gasteiger partial charge in [-0.3, -0.25) is 0 Å². The molecule has 1 nitrogen and oxygen atoms in total. The highest BCUT2D eigenvalue weighted by molar-refractivity contribution is 14.1. The zero-order valence-electron chi connectivity index (χ0n) is 15.4. The average molecular weight is 519 g/mol. The van der Waals surface area contributed by atoms with Gasteiger partial charge in [-0.2, -0.15) is 0 Å². The van der Waals surface area contributed by atoms with E-state index in [4.69, 9.17) is 29.6 Å². The van der Waals surface area contributed by atoms with Crippen LogP contribution in [0.1, 0.15) is 52.4 Å². The summed E-state index contributed by atoms with van der Waals surface area (Å²) in [4.78, 5) is 0. The van der Waals surface area contributed by atoms with Gasteiger partial charge < -0.3 is 16.9 Å². The number of hydrogen-bond acceptors (Lipinski definition) is 0. The van der Waals surface area contributed by atoms with E-state index in [0.29, 0.717) is 0 Å². The van der Waals surface area contributed by atoms with Gasteiger partial charge >= 0.3 is 0 Å². The van der Waals surface area contributed by atoms with E-state index >= 15 is 0 Å². The second kappa shape index (κ2) is 12.9. The number of alkyl halides is 2. The maximum absolute atomic E-state index is 6.67. The third-order valence-electron chi connectivity index (χ3n) is 4.76. The normalized spacial score (nSPS) is 22.9. The van der Waals surface area contributed by atoms with Crippen molar-refractivity contribution >= 4 is 45.8 Å². The van der Waals surface area contributed by atoms with Crippen LogP contribution in [-0.2, 0) is 0 Å². The van der Waals surface area contributed by atoms with Crippen molar-refractivity contribution in [3.8, 4) is 12.3 Å². The van der Waals surface area contributed by atoms with Crippen molar-refractivity contribution in [1.29, 1.82) is 0 Å². The molecule has 1 rings (SSSR count). The van der Waals surface area contributed by atoms with Crippen LogP contribution >= 0.6 is 45.8 Å². The molecule has 0 heterocycles. The van der Waals surface area contributed by atoms with E-state index in [0.717, 1.165) is 35.7 Å². The van der Waals surface area contributed by atoms with Crippen LogP contribution in [0.15, 0.2) is 23.3 Å². The molecule has 0 fully saturated rings. The maximum Gasteiger partial charge on any atom is 0.140 e. The third-order valence-corrected chi connectivity index (χ3v) is 7.27. The van der Waals surface area contributed by atoms with Gasteiger partial charge in [-0.05, 0) is 43.8 Å². The molecule has 25 heavy (non-hydrogen) atoms. The number of quaternary nitrogens is 1. The second-order valence-electron chi connectivity index (χ2n) is 6.94. The molecule has 144 valence electrons. The Morgan fingerprint density at radius 2 is 1.76 bits per heavy atom. The van der Waals surface area contributed by atoms with Crippen molar-refractivity contribution in [1.82, 2.24) is 0 Å². The van der Waals surface area contributed by atoms with Gasteiger partial charge in [0.05, 0.1) is 25.0 Å². The molecule has 0 aromatic rings. The van der Waals surface area contributed by atoms with Crippen LogP contribution in [0.3, 0.4) is 0 Å². The second-order valence-corrected chi connectivity index (χ2v) is 9.85. The topological polar surface area (TPSA) is 0 Å². The standard InChI is InChI=1S/C20H31Cl2IN.ClH/c1-4-7-9-14-24(13-6-3,15-10-8-5-2)17-20(23)12-11-18(21)16-19(20)22;/h3,11-12,16,19H,4-5,7-10,13-15,17H2,1-2H3;1H/q+1;/p-1. The van der Waals surface area contributed by atoms with Crippen molar-refractivity contribution in [2.75, 3.05) is 26.2 Å². The number of nitrogens with zero attached hydrogens (tertiary/aromatic N) is 1. The van der Waals surface area contributed by atoms with Gasteiger partial charge in [-0.25, -0.2) is 0 Å². The zero-order chi connectivity index (χ0) is 18.1. The van der Waals surface area contributed by atoms with Gasteiger partial charge in [0.2, 0.25) is 0 Å². The Bertz CT molecular complexity index is 474. The van der Waals surface area contributed by atoms with E-state index in [1.165, 1.54) is 38.5 Å². The predicted octanol–water partition coefficient (Wildman–Crippen LogP) is 3.29.